The van der Waals surface area contributed by atoms with E-state index in [1.807, 2.05) is 16.7 Å². The summed E-state index contributed by atoms with van der Waals surface area (Å²) in [6.45, 7) is 7.44. The minimum Gasteiger partial charge on any atom is -0.493 e. The van der Waals surface area contributed by atoms with Gasteiger partial charge in [0.15, 0.2) is 16.3 Å². The number of rotatable bonds is 7. The summed E-state index contributed by atoms with van der Waals surface area (Å²) in [5, 5.41) is 0. The normalized spacial score (nSPS) is 15.9. The number of benzene rings is 2. The highest BCUT2D eigenvalue weighted by atomic mass is 32.2. The van der Waals surface area contributed by atoms with E-state index in [1.165, 1.54) is 39.9 Å². The highest BCUT2D eigenvalue weighted by Gasteiger charge is 2.28. The summed E-state index contributed by atoms with van der Waals surface area (Å²) >= 11 is 1.35. The summed E-state index contributed by atoms with van der Waals surface area (Å²) in [5.41, 5.74) is 1.16. The Morgan fingerprint density at radius 1 is 1.14 bits per heavy atom. The van der Waals surface area contributed by atoms with Gasteiger partial charge < -0.3 is 14.0 Å². The number of sulfonamides is 1. The van der Waals surface area contributed by atoms with Gasteiger partial charge in [0.1, 0.15) is 0 Å². The summed E-state index contributed by atoms with van der Waals surface area (Å²) in [6, 6.07) is 9.69. The van der Waals surface area contributed by atoms with E-state index in [0.717, 1.165) is 23.1 Å². The maximum absolute atomic E-state index is 13.0. The molecule has 1 amide bonds. The SMILES string of the molecule is C=CCn1c(=NC(=O)c2ccc(S(=O)(=O)N3CCC(C)CC3)cc2)sc2cc(OC)c(OC)cc21. The molecule has 10 heteroatoms. The molecular weight excluding hydrogens is 486 g/mol. The number of amides is 1. The van der Waals surface area contributed by atoms with Crippen LogP contribution in [0.1, 0.15) is 30.1 Å². The average Bonchev–Trinajstić information content (AvgIpc) is 3.19. The maximum Gasteiger partial charge on any atom is 0.279 e. The number of hydrogen-bond donors (Lipinski definition) is 0. The molecule has 1 fully saturated rings. The van der Waals surface area contributed by atoms with Gasteiger partial charge >= 0.3 is 0 Å². The van der Waals surface area contributed by atoms with Crippen LogP contribution in [-0.4, -0.2) is 50.5 Å². The van der Waals surface area contributed by atoms with Crippen LogP contribution in [-0.2, 0) is 16.6 Å². The standard InChI is InChI=1S/C25H29N3O5S2/c1-5-12-28-20-15-21(32-3)22(33-4)16-23(20)34-25(28)26-24(29)18-6-8-19(9-7-18)35(30,31)27-13-10-17(2)11-14-27/h5-9,15-17H,1,10-14H2,2-4H3. The molecule has 0 N–H and O–H groups in total. The van der Waals surface area contributed by atoms with Crippen LogP contribution in [0.15, 0.2) is 58.9 Å². The van der Waals surface area contributed by atoms with Crippen molar-refractivity contribution in [1.29, 1.82) is 0 Å². The summed E-state index contributed by atoms with van der Waals surface area (Å²) in [7, 11) is -0.440. The van der Waals surface area contributed by atoms with Crippen LogP contribution < -0.4 is 14.3 Å². The van der Waals surface area contributed by atoms with Gasteiger partial charge in [-0.1, -0.05) is 24.3 Å². The molecule has 186 valence electrons. The highest BCUT2D eigenvalue weighted by molar-refractivity contribution is 7.89. The number of allylic oxidation sites excluding steroid dienone is 1. The van der Waals surface area contributed by atoms with Gasteiger partial charge in [0.05, 0.1) is 29.3 Å². The molecule has 1 aromatic heterocycles. The Morgan fingerprint density at radius 3 is 2.37 bits per heavy atom. The predicted octanol–water partition coefficient (Wildman–Crippen LogP) is 4.07. The number of fused-ring (bicyclic) bond motifs is 1. The van der Waals surface area contributed by atoms with Crippen molar-refractivity contribution < 1.29 is 22.7 Å². The number of aromatic nitrogens is 1. The molecule has 4 rings (SSSR count). The van der Waals surface area contributed by atoms with Crippen molar-refractivity contribution in [2.24, 2.45) is 10.9 Å². The summed E-state index contributed by atoms with van der Waals surface area (Å²) in [5.74, 6) is 1.24. The van der Waals surface area contributed by atoms with Crippen LogP contribution in [0.5, 0.6) is 11.5 Å². The van der Waals surface area contributed by atoms with E-state index in [2.05, 4.69) is 18.5 Å². The molecule has 1 saturated heterocycles. The van der Waals surface area contributed by atoms with E-state index >= 15 is 0 Å². The van der Waals surface area contributed by atoms with Crippen LogP contribution in [0.3, 0.4) is 0 Å². The van der Waals surface area contributed by atoms with Crippen molar-refractivity contribution in [2.75, 3.05) is 27.3 Å². The molecule has 8 nitrogen and oxygen atoms in total. The Bertz CT molecular complexity index is 1410. The second-order valence-electron chi connectivity index (χ2n) is 8.49. The quantitative estimate of drug-likeness (QED) is 0.443. The number of thiazole rings is 1. The monoisotopic (exact) mass is 515 g/mol. The Hall–Kier alpha value is -2.95. The van der Waals surface area contributed by atoms with Crippen LogP contribution in [0.2, 0.25) is 0 Å². The molecule has 0 unspecified atom stereocenters. The average molecular weight is 516 g/mol. The van der Waals surface area contributed by atoms with E-state index in [4.69, 9.17) is 9.47 Å². The van der Waals surface area contributed by atoms with E-state index < -0.39 is 15.9 Å². The zero-order valence-corrected chi connectivity index (χ0v) is 21.7. The molecular formula is C25H29N3O5S2. The first-order chi connectivity index (χ1) is 16.8. The summed E-state index contributed by atoms with van der Waals surface area (Å²) < 4.78 is 41.0. The third-order valence-electron chi connectivity index (χ3n) is 6.18. The molecule has 3 aromatic rings. The van der Waals surface area contributed by atoms with Crippen LogP contribution in [0.25, 0.3) is 10.2 Å². The fraction of sp³-hybridized carbons (Fsp3) is 0.360. The van der Waals surface area contributed by atoms with Gasteiger partial charge in [-0.15, -0.1) is 6.58 Å². The summed E-state index contributed by atoms with van der Waals surface area (Å²) in [6.07, 6.45) is 3.44. The van der Waals surface area contributed by atoms with E-state index in [1.54, 1.807) is 20.3 Å². The van der Waals surface area contributed by atoms with Gasteiger partial charge in [-0.2, -0.15) is 9.30 Å². The Morgan fingerprint density at radius 2 is 1.77 bits per heavy atom. The fourth-order valence-corrected chi connectivity index (χ4v) is 6.60. The Kier molecular flexibility index (Phi) is 7.44. The first-order valence-electron chi connectivity index (χ1n) is 11.3. The predicted molar refractivity (Wildman–Crippen MR) is 137 cm³/mol. The highest BCUT2D eigenvalue weighted by Crippen LogP contribution is 2.33. The largest absolute Gasteiger partial charge is 0.493 e. The number of piperidine rings is 1. The van der Waals surface area contributed by atoms with Gasteiger partial charge in [0.2, 0.25) is 10.0 Å². The van der Waals surface area contributed by atoms with Crippen LogP contribution in [0.4, 0.5) is 0 Å². The second-order valence-corrected chi connectivity index (χ2v) is 11.4. The topological polar surface area (TPSA) is 90.2 Å². The minimum absolute atomic E-state index is 0.186. The number of ether oxygens (including phenoxy) is 2. The zero-order chi connectivity index (χ0) is 25.2. The van der Waals surface area contributed by atoms with Crippen molar-refractivity contribution in [3.8, 4) is 11.5 Å². The van der Waals surface area contributed by atoms with Gasteiger partial charge in [-0.3, -0.25) is 4.79 Å². The van der Waals surface area contributed by atoms with Crippen LogP contribution in [0, 0.1) is 5.92 Å². The van der Waals surface area contributed by atoms with Crippen molar-refractivity contribution in [1.82, 2.24) is 8.87 Å². The fourth-order valence-electron chi connectivity index (χ4n) is 4.08. The van der Waals surface area contributed by atoms with Gasteiger partial charge in [-0.05, 0) is 43.0 Å². The Balaban J connectivity index is 1.66. The number of methoxy groups -OCH3 is 2. The number of carbonyl (C=O) groups excluding carboxylic acids is 1. The molecule has 0 bridgehead atoms. The van der Waals surface area contributed by atoms with Crippen LogP contribution >= 0.6 is 11.3 Å². The lowest BCUT2D eigenvalue weighted by Gasteiger charge is -2.29. The lowest BCUT2D eigenvalue weighted by Crippen LogP contribution is -2.37. The number of nitrogens with zero attached hydrogens (tertiary/aromatic N) is 3. The molecule has 1 aliphatic heterocycles. The van der Waals surface area contributed by atoms with Crippen molar-refractivity contribution in [3.63, 3.8) is 0 Å². The number of hydrogen-bond acceptors (Lipinski definition) is 6. The van der Waals surface area contributed by atoms with Crippen molar-refractivity contribution in [2.45, 2.75) is 31.2 Å². The van der Waals surface area contributed by atoms with Gasteiger partial charge in [0.25, 0.3) is 5.91 Å². The van der Waals surface area contributed by atoms with Gasteiger partial charge in [0, 0.05) is 37.3 Å². The molecule has 0 saturated carbocycles. The third kappa shape index (κ3) is 5.05. The lowest BCUT2D eigenvalue weighted by molar-refractivity contribution is 0.0997. The third-order valence-corrected chi connectivity index (χ3v) is 9.13. The van der Waals surface area contributed by atoms with E-state index in [9.17, 15) is 13.2 Å². The second kappa shape index (κ2) is 10.3. The van der Waals surface area contributed by atoms with Crippen molar-refractivity contribution >= 4 is 37.5 Å². The number of carbonyl (C=O) groups is 1. The van der Waals surface area contributed by atoms with Gasteiger partial charge in [-0.25, -0.2) is 8.42 Å². The minimum atomic E-state index is -3.58. The molecule has 0 radical (unpaired) electrons. The smallest absolute Gasteiger partial charge is 0.279 e. The molecule has 0 aliphatic carbocycles. The molecule has 0 spiro atoms. The first kappa shape index (κ1) is 25.2. The summed E-state index contributed by atoms with van der Waals surface area (Å²) in [4.78, 5) is 18.0. The Labute approximate surface area is 209 Å². The van der Waals surface area contributed by atoms with E-state index in [0.29, 0.717) is 47.4 Å². The van der Waals surface area contributed by atoms with E-state index in [-0.39, 0.29) is 4.90 Å². The first-order valence-corrected chi connectivity index (χ1v) is 13.6. The molecule has 35 heavy (non-hydrogen) atoms. The lowest BCUT2D eigenvalue weighted by atomic mass is 10.0. The molecule has 2 heterocycles. The molecule has 2 aromatic carbocycles. The maximum atomic E-state index is 13.0. The zero-order valence-electron chi connectivity index (χ0n) is 20.1. The van der Waals surface area contributed by atoms with Crippen molar-refractivity contribution in [3.05, 3.63) is 59.4 Å². The molecule has 1 aliphatic rings. The molecule has 0 atom stereocenters.